The third-order valence-electron chi connectivity index (χ3n) is 6.66. The Bertz CT molecular complexity index is 1910. The van der Waals surface area contributed by atoms with Crippen LogP contribution in [0.15, 0.2) is 60.8 Å². The fourth-order valence-electron chi connectivity index (χ4n) is 4.44. The van der Waals surface area contributed by atoms with Crippen LogP contribution in [0.25, 0.3) is 10.9 Å². The molecule has 1 saturated heterocycles. The van der Waals surface area contributed by atoms with Gasteiger partial charge in [-0.25, -0.2) is 12.8 Å². The number of benzene rings is 3. The fraction of sp³-hybridized carbons (Fsp3) is 0.233. The minimum absolute atomic E-state index is 0.0946. The summed E-state index contributed by atoms with van der Waals surface area (Å²) in [6, 6.07) is 16.0. The number of aliphatic hydroxyl groups excluding tert-OH is 2. The van der Waals surface area contributed by atoms with Gasteiger partial charge in [0.25, 0.3) is 0 Å². The molecule has 1 aromatic heterocycles. The number of aliphatic hydroxyl groups is 2. The molecule has 0 spiro atoms. The van der Waals surface area contributed by atoms with Crippen LogP contribution in [-0.2, 0) is 20.3 Å². The monoisotopic (exact) mass is 672 g/mol. The lowest BCUT2D eigenvalue weighted by Crippen LogP contribution is -2.25. The molecule has 1 aliphatic heterocycles. The summed E-state index contributed by atoms with van der Waals surface area (Å²) in [4.78, 5) is 17.4. The molecule has 15 heteroatoms. The molecule has 11 nitrogen and oxygen atoms in total. The quantitative estimate of drug-likeness (QED) is 0.162. The number of nitrogens with zero attached hydrogens (tertiary/aromatic N) is 2. The van der Waals surface area contributed by atoms with Crippen LogP contribution >= 0.6 is 22.4 Å². The standard InChI is InChI=1S/C30H26ClFN4O7S2/c31-23-9-20(4-5-26(23)42-15-17-2-1-3-19(32)8-17)35-29-18(12-33)13-34-24-11-27(43-16-21(38)14-37)25(10-22(24)29)36-30(39)28-6-7-45(40,41)44-28/h1-5,8-11,13,21,28,37-38H,6-7,14-16H2,(H,34,35)(H,36,39). The zero-order valence-electron chi connectivity index (χ0n) is 23.4. The maximum atomic E-state index is 13.5. The summed E-state index contributed by atoms with van der Waals surface area (Å²) in [5, 5.41) is 34.6. The van der Waals surface area contributed by atoms with Gasteiger partial charge in [0.1, 0.15) is 42.7 Å². The number of ether oxygens (including phenoxy) is 2. The van der Waals surface area contributed by atoms with Crippen molar-refractivity contribution in [2.24, 2.45) is 0 Å². The summed E-state index contributed by atoms with van der Waals surface area (Å²) in [5.41, 5.74) is 2.13. The molecule has 0 radical (unpaired) electrons. The van der Waals surface area contributed by atoms with Gasteiger partial charge in [0, 0.05) is 23.3 Å². The molecule has 5 rings (SSSR count). The van der Waals surface area contributed by atoms with Gasteiger partial charge in [-0.05, 0) is 59.2 Å². The van der Waals surface area contributed by atoms with Crippen LogP contribution in [0.3, 0.4) is 0 Å². The number of rotatable bonds is 11. The van der Waals surface area contributed by atoms with Crippen LogP contribution in [0.2, 0.25) is 5.02 Å². The number of halogens is 2. The van der Waals surface area contributed by atoms with E-state index >= 15 is 0 Å². The molecule has 3 aromatic carbocycles. The Labute approximate surface area is 266 Å². The molecule has 0 aliphatic carbocycles. The van der Waals surface area contributed by atoms with Crippen molar-refractivity contribution in [3.8, 4) is 17.6 Å². The lowest BCUT2D eigenvalue weighted by atomic mass is 10.1. The van der Waals surface area contributed by atoms with Gasteiger partial charge >= 0.3 is 0 Å². The van der Waals surface area contributed by atoms with Crippen LogP contribution in [0.1, 0.15) is 17.5 Å². The van der Waals surface area contributed by atoms with E-state index in [1.807, 2.05) is 0 Å². The molecule has 0 saturated carbocycles. The maximum Gasteiger partial charge on any atom is 0.238 e. The van der Waals surface area contributed by atoms with E-state index in [1.165, 1.54) is 30.5 Å². The highest BCUT2D eigenvalue weighted by Gasteiger charge is 2.34. The van der Waals surface area contributed by atoms with E-state index in [4.69, 9.17) is 21.1 Å². The van der Waals surface area contributed by atoms with Gasteiger partial charge in [-0.15, -0.1) is 0 Å². The molecule has 4 aromatic rings. The number of carbonyl (C=O) groups is 1. The molecule has 1 amide bonds. The first kappa shape index (κ1) is 32.3. The van der Waals surface area contributed by atoms with Crippen molar-refractivity contribution >= 4 is 65.1 Å². The summed E-state index contributed by atoms with van der Waals surface area (Å²) in [7, 11) is -2.82. The summed E-state index contributed by atoms with van der Waals surface area (Å²) in [6.07, 6.45) is 0.297. The summed E-state index contributed by atoms with van der Waals surface area (Å²) in [6.45, 7) is -0.761. The predicted octanol–water partition coefficient (Wildman–Crippen LogP) is 4.73. The molecule has 1 fully saturated rings. The molecule has 2 unspecified atom stereocenters. The molecule has 1 aliphatic rings. The number of amides is 1. The van der Waals surface area contributed by atoms with Gasteiger partial charge in [0.2, 0.25) is 14.8 Å². The first-order chi connectivity index (χ1) is 21.5. The van der Waals surface area contributed by atoms with Crippen LogP contribution in [0.4, 0.5) is 21.5 Å². The first-order valence-electron chi connectivity index (χ1n) is 13.5. The largest absolute Gasteiger partial charge is 0.489 e. The Balaban J connectivity index is 1.46. The Kier molecular flexibility index (Phi) is 9.96. The van der Waals surface area contributed by atoms with Gasteiger partial charge in [-0.2, -0.15) is 5.26 Å². The van der Waals surface area contributed by atoms with E-state index in [2.05, 4.69) is 21.7 Å². The molecule has 234 valence electrons. The number of pyridine rings is 1. The Morgan fingerprint density at radius 3 is 2.71 bits per heavy atom. The molecule has 2 atom stereocenters. The van der Waals surface area contributed by atoms with Crippen LogP contribution < -0.4 is 20.1 Å². The van der Waals surface area contributed by atoms with E-state index in [1.54, 1.807) is 30.3 Å². The normalized spacial score (nSPS) is 16.1. The van der Waals surface area contributed by atoms with Gasteiger partial charge in [0.15, 0.2) is 0 Å². The van der Waals surface area contributed by atoms with Gasteiger partial charge in [-0.3, -0.25) is 9.78 Å². The minimum Gasteiger partial charge on any atom is -0.489 e. The van der Waals surface area contributed by atoms with E-state index in [9.17, 15) is 33.1 Å². The Hall–Kier alpha value is -4.13. The number of nitrogens with one attached hydrogen (secondary N) is 2. The topological polar surface area (TPSA) is 171 Å². The van der Waals surface area contributed by atoms with Crippen molar-refractivity contribution in [2.75, 3.05) is 29.6 Å². The predicted molar refractivity (Wildman–Crippen MR) is 169 cm³/mol. The lowest BCUT2D eigenvalue weighted by molar-refractivity contribution is -0.115. The highest BCUT2D eigenvalue weighted by molar-refractivity contribution is 8.72. The molecule has 45 heavy (non-hydrogen) atoms. The number of anilines is 3. The van der Waals surface area contributed by atoms with Crippen LogP contribution in [0, 0.1) is 17.1 Å². The van der Waals surface area contributed by atoms with Crippen molar-refractivity contribution in [1.29, 1.82) is 5.26 Å². The Morgan fingerprint density at radius 1 is 1.20 bits per heavy atom. The number of hydrogen-bond acceptors (Lipinski definition) is 11. The van der Waals surface area contributed by atoms with Crippen LogP contribution in [0.5, 0.6) is 11.5 Å². The number of fused-ring (bicyclic) bond motifs is 1. The first-order valence-corrected chi connectivity index (χ1v) is 16.9. The average Bonchev–Trinajstić information content (AvgIpc) is 3.39. The molecular weight excluding hydrogens is 647 g/mol. The van der Waals surface area contributed by atoms with Crippen molar-refractivity contribution in [3.63, 3.8) is 0 Å². The third-order valence-corrected chi connectivity index (χ3v) is 10.7. The van der Waals surface area contributed by atoms with Gasteiger partial charge < -0.3 is 30.3 Å². The number of nitriles is 1. The van der Waals surface area contributed by atoms with Gasteiger partial charge in [0.05, 0.1) is 45.1 Å². The number of carbonyl (C=O) groups excluding carboxylic acids is 1. The molecule has 0 bridgehead atoms. The highest BCUT2D eigenvalue weighted by Crippen LogP contribution is 2.39. The lowest BCUT2D eigenvalue weighted by Gasteiger charge is -2.18. The van der Waals surface area contributed by atoms with E-state index in [0.29, 0.717) is 44.4 Å². The van der Waals surface area contributed by atoms with Crippen molar-refractivity contribution in [3.05, 3.63) is 82.8 Å². The zero-order valence-corrected chi connectivity index (χ0v) is 25.8. The number of aromatic nitrogens is 1. The fourth-order valence-corrected chi connectivity index (χ4v) is 8.34. The summed E-state index contributed by atoms with van der Waals surface area (Å²) in [5.74, 6) is -0.600. The smallest absolute Gasteiger partial charge is 0.238 e. The molecule has 2 heterocycles. The van der Waals surface area contributed by atoms with Crippen LogP contribution in [-0.4, -0.2) is 59.8 Å². The summed E-state index contributed by atoms with van der Waals surface area (Å²) < 4.78 is 48.8. The third kappa shape index (κ3) is 7.94. The maximum absolute atomic E-state index is 13.5. The second kappa shape index (κ2) is 13.9. The van der Waals surface area contributed by atoms with Crippen molar-refractivity contribution in [2.45, 2.75) is 24.4 Å². The second-order valence-electron chi connectivity index (χ2n) is 9.98. The number of hydrogen-bond donors (Lipinski definition) is 4. The van der Waals surface area contributed by atoms with E-state index < -0.39 is 32.7 Å². The van der Waals surface area contributed by atoms with Gasteiger partial charge in [-0.1, -0.05) is 23.7 Å². The Morgan fingerprint density at radius 2 is 2.02 bits per heavy atom. The molecular formula is C30H26ClFN4O7S2. The van der Waals surface area contributed by atoms with Crippen molar-refractivity contribution < 1.29 is 37.3 Å². The zero-order chi connectivity index (χ0) is 32.1. The van der Waals surface area contributed by atoms with E-state index in [0.717, 1.165) is 0 Å². The summed E-state index contributed by atoms with van der Waals surface area (Å²) >= 11 is 6.48. The van der Waals surface area contributed by atoms with E-state index in [-0.39, 0.29) is 53.2 Å². The molecule has 4 N–H and O–H groups in total. The average molecular weight is 673 g/mol. The SMILES string of the molecule is N#Cc1cnc2cc(OCC(O)CO)c(NC(=O)C3CCS(=O)(=O)S3)cc2c1Nc1ccc(OCc2cccc(F)c2)c(Cl)c1. The van der Waals surface area contributed by atoms with Crippen molar-refractivity contribution in [1.82, 2.24) is 4.98 Å². The second-order valence-corrected chi connectivity index (χ2v) is 14.8. The minimum atomic E-state index is -3.41. The highest BCUT2D eigenvalue weighted by atomic mass is 35.5.